The molecule has 0 aliphatic carbocycles. The van der Waals surface area contributed by atoms with E-state index in [1.54, 1.807) is 43.6 Å². The minimum atomic E-state index is -1.48. The van der Waals surface area contributed by atoms with Crippen LogP contribution in [-0.2, 0) is 11.0 Å². The second-order valence-electron chi connectivity index (χ2n) is 8.23. The van der Waals surface area contributed by atoms with Gasteiger partial charge in [-0.05, 0) is 48.5 Å². The van der Waals surface area contributed by atoms with Crippen molar-refractivity contribution in [2.24, 2.45) is 0 Å². The van der Waals surface area contributed by atoms with Crippen molar-refractivity contribution in [3.05, 3.63) is 90.6 Å². The Morgan fingerprint density at radius 3 is 2.43 bits per heavy atom. The zero-order valence-corrected chi connectivity index (χ0v) is 20.2. The van der Waals surface area contributed by atoms with Crippen molar-refractivity contribution in [1.29, 1.82) is 0 Å². The highest BCUT2D eigenvalue weighted by atomic mass is 32.2. The van der Waals surface area contributed by atoms with Crippen molar-refractivity contribution >= 4 is 39.2 Å². The number of aromatic nitrogens is 1. The maximum absolute atomic E-state index is 13.1. The van der Waals surface area contributed by atoms with Crippen molar-refractivity contribution in [3.8, 4) is 5.75 Å². The molecule has 178 valence electrons. The molecule has 0 radical (unpaired) electrons. The van der Waals surface area contributed by atoms with Gasteiger partial charge in [0.25, 0.3) is 5.91 Å². The van der Waals surface area contributed by atoms with E-state index < -0.39 is 11.0 Å². The number of carbonyl (C=O) groups is 1. The highest BCUT2D eigenvalue weighted by Crippen LogP contribution is 2.28. The first-order valence-corrected chi connectivity index (χ1v) is 12.6. The van der Waals surface area contributed by atoms with Crippen LogP contribution in [0.3, 0.4) is 0 Å². The van der Waals surface area contributed by atoms with Gasteiger partial charge in [0.15, 0.2) is 11.0 Å². The average Bonchev–Trinajstić information content (AvgIpc) is 2.93. The summed E-state index contributed by atoms with van der Waals surface area (Å²) in [6.45, 7) is 2.75. The summed E-state index contributed by atoms with van der Waals surface area (Å²) in [6.07, 6.45) is 1.69. The molecule has 1 unspecified atom stereocenters. The minimum Gasteiger partial charge on any atom is -0.495 e. The SMILES string of the molecule is COc1ccccc1N1CCN(C(=O)c2ccc(NS(=O)c3cccc4cccnc34)cc2)CC1. The van der Waals surface area contributed by atoms with Gasteiger partial charge in [-0.3, -0.25) is 9.78 Å². The van der Waals surface area contributed by atoms with E-state index in [0.29, 0.717) is 34.8 Å². The first-order chi connectivity index (χ1) is 17.1. The number of rotatable bonds is 6. The number of pyridine rings is 1. The summed E-state index contributed by atoms with van der Waals surface area (Å²) in [5, 5.41) is 0.937. The molecule has 2 heterocycles. The second kappa shape index (κ2) is 10.1. The maximum atomic E-state index is 13.1. The number of benzene rings is 3. The molecule has 1 N–H and O–H groups in total. The predicted molar refractivity (Wildman–Crippen MR) is 139 cm³/mol. The van der Waals surface area contributed by atoms with E-state index in [0.717, 1.165) is 29.9 Å². The standard InChI is InChI=1S/C27H26N4O3S/c1-34-24-9-3-2-8-23(24)30-16-18-31(19-17-30)27(32)21-11-13-22(14-12-21)29-35(33)25-10-4-6-20-7-5-15-28-26(20)25/h2-15,29H,16-19H2,1H3. The van der Waals surface area contributed by atoms with Gasteiger partial charge in [-0.15, -0.1) is 0 Å². The largest absolute Gasteiger partial charge is 0.495 e. The van der Waals surface area contributed by atoms with E-state index in [4.69, 9.17) is 4.74 Å². The summed E-state index contributed by atoms with van der Waals surface area (Å²) in [4.78, 5) is 22.2. The molecule has 8 heteroatoms. The molecule has 1 amide bonds. The third-order valence-electron chi connectivity index (χ3n) is 6.13. The number of amides is 1. The first kappa shape index (κ1) is 22.9. The van der Waals surface area contributed by atoms with Crippen molar-refractivity contribution in [1.82, 2.24) is 9.88 Å². The molecule has 5 rings (SSSR count). The number of carbonyl (C=O) groups excluding carboxylic acids is 1. The van der Waals surface area contributed by atoms with Gasteiger partial charge in [0.1, 0.15) is 5.75 Å². The lowest BCUT2D eigenvalue weighted by atomic mass is 10.1. The number of ether oxygens (including phenoxy) is 1. The zero-order valence-electron chi connectivity index (χ0n) is 19.4. The summed E-state index contributed by atoms with van der Waals surface area (Å²) in [5.74, 6) is 0.836. The van der Waals surface area contributed by atoms with E-state index in [1.807, 2.05) is 53.4 Å². The lowest BCUT2D eigenvalue weighted by Crippen LogP contribution is -2.48. The van der Waals surface area contributed by atoms with E-state index in [2.05, 4.69) is 14.6 Å². The molecule has 0 spiro atoms. The van der Waals surface area contributed by atoms with Crippen LogP contribution >= 0.6 is 0 Å². The Hall–Kier alpha value is -3.91. The van der Waals surface area contributed by atoms with E-state index in [1.165, 1.54) is 0 Å². The molecule has 3 aromatic carbocycles. The Morgan fingerprint density at radius 1 is 0.914 bits per heavy atom. The van der Waals surface area contributed by atoms with Crippen LogP contribution in [-0.4, -0.2) is 53.3 Å². The fourth-order valence-corrected chi connectivity index (χ4v) is 5.30. The number of para-hydroxylation sites is 3. The van der Waals surface area contributed by atoms with Crippen molar-refractivity contribution in [2.45, 2.75) is 4.90 Å². The molecular weight excluding hydrogens is 460 g/mol. The molecule has 7 nitrogen and oxygen atoms in total. The van der Waals surface area contributed by atoms with Gasteiger partial charge in [0.2, 0.25) is 0 Å². The minimum absolute atomic E-state index is 0.00407. The van der Waals surface area contributed by atoms with Gasteiger partial charge in [-0.2, -0.15) is 0 Å². The quantitative estimate of drug-likeness (QED) is 0.439. The molecular formula is C27H26N4O3S. The number of hydrogen-bond acceptors (Lipinski definition) is 5. The van der Waals surface area contributed by atoms with Crippen LogP contribution in [0.2, 0.25) is 0 Å². The van der Waals surface area contributed by atoms with Crippen LogP contribution in [0.1, 0.15) is 10.4 Å². The summed E-state index contributed by atoms with van der Waals surface area (Å²) < 4.78 is 21.5. The molecule has 1 fully saturated rings. The average molecular weight is 487 g/mol. The number of hydrogen-bond donors (Lipinski definition) is 1. The van der Waals surface area contributed by atoms with Crippen LogP contribution in [0.15, 0.2) is 90.0 Å². The van der Waals surface area contributed by atoms with Crippen LogP contribution < -0.4 is 14.4 Å². The molecule has 4 aromatic rings. The molecule has 1 saturated heterocycles. The van der Waals surface area contributed by atoms with Gasteiger partial charge in [0, 0.05) is 49.0 Å². The Morgan fingerprint density at radius 2 is 1.66 bits per heavy atom. The molecule has 1 atom stereocenters. The Kier molecular flexibility index (Phi) is 6.63. The molecule has 0 bridgehead atoms. The lowest BCUT2D eigenvalue weighted by Gasteiger charge is -2.36. The third kappa shape index (κ3) is 4.83. The van der Waals surface area contributed by atoms with E-state index in [9.17, 15) is 9.00 Å². The van der Waals surface area contributed by atoms with Gasteiger partial charge in [0.05, 0.1) is 23.2 Å². The van der Waals surface area contributed by atoms with Gasteiger partial charge < -0.3 is 19.3 Å². The number of nitrogens with one attached hydrogen (secondary N) is 1. The monoisotopic (exact) mass is 486 g/mol. The summed E-state index contributed by atoms with van der Waals surface area (Å²) in [7, 11) is 0.193. The fraction of sp³-hybridized carbons (Fsp3) is 0.185. The molecule has 1 aromatic heterocycles. The summed E-state index contributed by atoms with van der Waals surface area (Å²) >= 11 is 0. The highest BCUT2D eigenvalue weighted by molar-refractivity contribution is 7.86. The van der Waals surface area contributed by atoms with E-state index in [-0.39, 0.29) is 5.91 Å². The topological polar surface area (TPSA) is 74.8 Å². The Labute approximate surface area is 206 Å². The molecule has 35 heavy (non-hydrogen) atoms. The van der Waals surface area contributed by atoms with Crippen LogP contribution in [0.5, 0.6) is 5.75 Å². The van der Waals surface area contributed by atoms with Crippen molar-refractivity contribution in [2.75, 3.05) is 42.9 Å². The summed E-state index contributed by atoms with van der Waals surface area (Å²) in [5.41, 5.74) is 3.04. The Balaban J connectivity index is 1.22. The number of anilines is 2. The van der Waals surface area contributed by atoms with Gasteiger partial charge in [-0.25, -0.2) is 4.21 Å². The molecule has 1 aliphatic heterocycles. The van der Waals surface area contributed by atoms with Crippen LogP contribution in [0.25, 0.3) is 10.9 Å². The number of methoxy groups -OCH3 is 1. The predicted octanol–water partition coefficient (Wildman–Crippen LogP) is 4.34. The van der Waals surface area contributed by atoms with Crippen LogP contribution in [0.4, 0.5) is 11.4 Å². The number of nitrogens with zero attached hydrogens (tertiary/aromatic N) is 3. The van der Waals surface area contributed by atoms with Crippen molar-refractivity contribution in [3.63, 3.8) is 0 Å². The summed E-state index contributed by atoms with van der Waals surface area (Å²) in [6, 6.07) is 24.5. The highest BCUT2D eigenvalue weighted by Gasteiger charge is 2.23. The van der Waals surface area contributed by atoms with Gasteiger partial charge >= 0.3 is 0 Å². The Bertz CT molecular complexity index is 1360. The van der Waals surface area contributed by atoms with Gasteiger partial charge in [-0.1, -0.05) is 30.3 Å². The number of fused-ring (bicyclic) bond motifs is 1. The maximum Gasteiger partial charge on any atom is 0.253 e. The molecule has 0 saturated carbocycles. The van der Waals surface area contributed by atoms with E-state index >= 15 is 0 Å². The lowest BCUT2D eigenvalue weighted by molar-refractivity contribution is 0.0746. The van der Waals surface area contributed by atoms with Crippen molar-refractivity contribution < 1.29 is 13.7 Å². The molecule has 1 aliphatic rings. The van der Waals surface area contributed by atoms with Crippen LogP contribution in [0, 0.1) is 0 Å². The first-order valence-electron chi connectivity index (χ1n) is 11.4. The fourth-order valence-electron chi connectivity index (χ4n) is 4.29. The second-order valence-corrected chi connectivity index (χ2v) is 9.41. The number of piperazine rings is 1. The third-order valence-corrected chi connectivity index (χ3v) is 7.28. The smallest absolute Gasteiger partial charge is 0.253 e. The normalized spacial score (nSPS) is 14.5. The zero-order chi connectivity index (χ0) is 24.2.